The van der Waals surface area contributed by atoms with Gasteiger partial charge in [-0.1, -0.05) is 34.1 Å². The van der Waals surface area contributed by atoms with Crippen molar-refractivity contribution in [3.8, 4) is 0 Å². The molecule has 0 heterocycles. The van der Waals surface area contributed by atoms with Gasteiger partial charge in [-0.2, -0.15) is 0 Å². The summed E-state index contributed by atoms with van der Waals surface area (Å²) in [6.45, 7) is 1.52. The number of carbonyl (C=O) groups is 1. The number of halogens is 1. The Balaban J connectivity index is 3.26. The summed E-state index contributed by atoms with van der Waals surface area (Å²) in [6, 6.07) is 7.11. The maximum atomic E-state index is 11.1. The van der Waals surface area contributed by atoms with Crippen LogP contribution in [0.25, 0.3) is 0 Å². The van der Waals surface area contributed by atoms with Gasteiger partial charge in [-0.3, -0.25) is 0 Å². The maximum absolute atomic E-state index is 11.1. The smallest absolute Gasteiger partial charge is 0.340 e. The quantitative estimate of drug-likeness (QED) is 0.906. The van der Waals surface area contributed by atoms with E-state index >= 15 is 0 Å². The Morgan fingerprint density at radius 2 is 2.07 bits per heavy atom. The van der Waals surface area contributed by atoms with Gasteiger partial charge in [0.2, 0.25) is 0 Å². The minimum absolute atomic E-state index is 0.606. The molecule has 76 valence electrons. The van der Waals surface area contributed by atoms with E-state index in [1.54, 1.807) is 18.2 Å². The van der Waals surface area contributed by atoms with Gasteiger partial charge < -0.3 is 9.84 Å². The van der Waals surface area contributed by atoms with E-state index in [2.05, 4.69) is 15.9 Å². The van der Waals surface area contributed by atoms with E-state index in [1.165, 1.54) is 14.0 Å². The lowest BCUT2D eigenvalue weighted by Gasteiger charge is -2.24. The van der Waals surface area contributed by atoms with Crippen molar-refractivity contribution < 1.29 is 14.6 Å². The molecule has 1 atom stereocenters. The van der Waals surface area contributed by atoms with E-state index in [0.29, 0.717) is 5.56 Å². The van der Waals surface area contributed by atoms with Gasteiger partial charge in [-0.15, -0.1) is 0 Å². The Morgan fingerprint density at radius 1 is 1.50 bits per heavy atom. The van der Waals surface area contributed by atoms with E-state index in [9.17, 15) is 4.79 Å². The van der Waals surface area contributed by atoms with Crippen LogP contribution in [-0.2, 0) is 15.1 Å². The third-order valence-electron chi connectivity index (χ3n) is 2.20. The van der Waals surface area contributed by atoms with Crippen molar-refractivity contribution in [3.63, 3.8) is 0 Å². The molecule has 0 bridgehead atoms. The normalized spacial score (nSPS) is 14.8. The van der Waals surface area contributed by atoms with E-state index in [4.69, 9.17) is 9.84 Å². The SMILES string of the molecule is COC(C)(C(=O)O)c1ccccc1Br. The van der Waals surface area contributed by atoms with Crippen LogP contribution in [0.1, 0.15) is 12.5 Å². The van der Waals surface area contributed by atoms with Crippen LogP contribution in [0.4, 0.5) is 0 Å². The Kier molecular flexibility index (Phi) is 3.29. The van der Waals surface area contributed by atoms with Crippen LogP contribution >= 0.6 is 15.9 Å². The van der Waals surface area contributed by atoms with Gasteiger partial charge in [0.05, 0.1) is 0 Å². The molecule has 1 N–H and O–H groups in total. The predicted molar refractivity (Wildman–Crippen MR) is 56.1 cm³/mol. The lowest BCUT2D eigenvalue weighted by molar-refractivity contribution is -0.161. The molecule has 0 saturated carbocycles. The highest BCUT2D eigenvalue weighted by Crippen LogP contribution is 2.30. The van der Waals surface area contributed by atoms with Gasteiger partial charge in [0, 0.05) is 17.1 Å². The highest BCUT2D eigenvalue weighted by Gasteiger charge is 2.36. The van der Waals surface area contributed by atoms with Crippen LogP contribution in [0.2, 0.25) is 0 Å². The topological polar surface area (TPSA) is 46.5 Å². The Bertz CT molecular complexity index is 351. The largest absolute Gasteiger partial charge is 0.479 e. The molecule has 1 unspecified atom stereocenters. The van der Waals surface area contributed by atoms with Crippen LogP contribution in [-0.4, -0.2) is 18.2 Å². The van der Waals surface area contributed by atoms with Crippen LogP contribution in [0.3, 0.4) is 0 Å². The van der Waals surface area contributed by atoms with Crippen molar-refractivity contribution in [3.05, 3.63) is 34.3 Å². The summed E-state index contributed by atoms with van der Waals surface area (Å²) in [5.74, 6) is -1.01. The number of rotatable bonds is 3. The molecular weight excluding hydrogens is 248 g/mol. The first-order valence-corrected chi connectivity index (χ1v) is 4.85. The van der Waals surface area contributed by atoms with E-state index in [0.717, 1.165) is 4.47 Å². The molecule has 1 rings (SSSR count). The van der Waals surface area contributed by atoms with Crippen molar-refractivity contribution >= 4 is 21.9 Å². The van der Waals surface area contributed by atoms with Crippen LogP contribution in [0.5, 0.6) is 0 Å². The summed E-state index contributed by atoms with van der Waals surface area (Å²) >= 11 is 3.30. The zero-order valence-electron chi connectivity index (χ0n) is 7.95. The standard InChI is InChI=1S/C10H11BrO3/c1-10(14-2,9(12)13)7-5-3-4-6-8(7)11/h3-6H,1-2H3,(H,12,13). The second-order valence-corrected chi connectivity index (χ2v) is 3.88. The molecule has 3 nitrogen and oxygen atoms in total. The Morgan fingerprint density at radius 3 is 2.50 bits per heavy atom. The molecule has 14 heavy (non-hydrogen) atoms. The highest BCUT2D eigenvalue weighted by molar-refractivity contribution is 9.10. The minimum atomic E-state index is -1.31. The average molecular weight is 259 g/mol. The van der Waals surface area contributed by atoms with E-state index < -0.39 is 11.6 Å². The first-order chi connectivity index (χ1) is 6.52. The number of carboxylic acid groups (broad SMARTS) is 1. The number of benzene rings is 1. The molecule has 0 aliphatic carbocycles. The molecule has 0 spiro atoms. The average Bonchev–Trinajstić information content (AvgIpc) is 2.17. The monoisotopic (exact) mass is 258 g/mol. The Hall–Kier alpha value is -0.870. The molecule has 0 aliphatic heterocycles. The number of aliphatic carboxylic acids is 1. The maximum Gasteiger partial charge on any atom is 0.340 e. The number of carboxylic acids is 1. The molecule has 1 aromatic carbocycles. The van der Waals surface area contributed by atoms with E-state index in [1.807, 2.05) is 6.07 Å². The van der Waals surface area contributed by atoms with Gasteiger partial charge in [0.1, 0.15) is 0 Å². The zero-order valence-corrected chi connectivity index (χ0v) is 9.54. The Labute approximate surface area is 90.8 Å². The van der Waals surface area contributed by atoms with Gasteiger partial charge in [-0.05, 0) is 13.0 Å². The second-order valence-electron chi connectivity index (χ2n) is 3.02. The molecule has 0 radical (unpaired) electrons. The number of hydrogen-bond acceptors (Lipinski definition) is 2. The molecule has 0 saturated heterocycles. The summed E-state index contributed by atoms with van der Waals surface area (Å²) in [5, 5.41) is 9.06. The minimum Gasteiger partial charge on any atom is -0.479 e. The van der Waals surface area contributed by atoms with Crippen molar-refractivity contribution in [2.24, 2.45) is 0 Å². The van der Waals surface area contributed by atoms with Crippen molar-refractivity contribution in [2.45, 2.75) is 12.5 Å². The summed E-state index contributed by atoms with van der Waals surface area (Å²) in [5.41, 5.74) is -0.699. The molecule has 4 heteroatoms. The number of methoxy groups -OCH3 is 1. The summed E-state index contributed by atoms with van der Waals surface area (Å²) in [7, 11) is 1.38. The third-order valence-corrected chi connectivity index (χ3v) is 2.90. The fourth-order valence-electron chi connectivity index (χ4n) is 1.16. The first kappa shape index (κ1) is 11.2. The molecule has 0 aromatic heterocycles. The van der Waals surface area contributed by atoms with E-state index in [-0.39, 0.29) is 0 Å². The van der Waals surface area contributed by atoms with Crippen LogP contribution in [0, 0.1) is 0 Å². The number of ether oxygens (including phenoxy) is 1. The highest BCUT2D eigenvalue weighted by atomic mass is 79.9. The van der Waals surface area contributed by atoms with Gasteiger partial charge >= 0.3 is 5.97 Å². The second kappa shape index (κ2) is 4.11. The molecule has 0 amide bonds. The summed E-state index contributed by atoms with van der Waals surface area (Å²) < 4.78 is 5.77. The fraction of sp³-hybridized carbons (Fsp3) is 0.300. The first-order valence-electron chi connectivity index (χ1n) is 4.06. The summed E-state index contributed by atoms with van der Waals surface area (Å²) in [4.78, 5) is 11.1. The van der Waals surface area contributed by atoms with Crippen LogP contribution < -0.4 is 0 Å². The molecule has 0 fully saturated rings. The third kappa shape index (κ3) is 1.81. The fourth-order valence-corrected chi connectivity index (χ4v) is 1.82. The van der Waals surface area contributed by atoms with Gasteiger partial charge in [-0.25, -0.2) is 4.79 Å². The lowest BCUT2D eigenvalue weighted by Crippen LogP contribution is -2.34. The molecule has 1 aromatic rings. The lowest BCUT2D eigenvalue weighted by atomic mass is 9.96. The predicted octanol–water partition coefficient (Wildman–Crippen LogP) is 2.40. The number of hydrogen-bond donors (Lipinski definition) is 1. The molecule has 0 aliphatic rings. The summed E-state index contributed by atoms with van der Waals surface area (Å²) in [6.07, 6.45) is 0. The van der Waals surface area contributed by atoms with Crippen molar-refractivity contribution in [1.29, 1.82) is 0 Å². The zero-order chi connectivity index (χ0) is 10.8. The van der Waals surface area contributed by atoms with Crippen LogP contribution in [0.15, 0.2) is 28.7 Å². The van der Waals surface area contributed by atoms with Gasteiger partial charge in [0.15, 0.2) is 5.60 Å². The van der Waals surface area contributed by atoms with Crippen molar-refractivity contribution in [2.75, 3.05) is 7.11 Å². The van der Waals surface area contributed by atoms with Crippen molar-refractivity contribution in [1.82, 2.24) is 0 Å². The van der Waals surface area contributed by atoms with Gasteiger partial charge in [0.25, 0.3) is 0 Å². The molecular formula is C10H11BrO3.